The Hall–Kier alpha value is -1.18. The fraction of sp³-hybridized carbons (Fsp3) is 0.455. The van der Waals surface area contributed by atoms with Crippen molar-refractivity contribution in [2.45, 2.75) is 29.9 Å². The number of hydrogen-bond acceptors (Lipinski definition) is 4. The van der Waals surface area contributed by atoms with Crippen LogP contribution < -0.4 is 10.5 Å². The van der Waals surface area contributed by atoms with Crippen molar-refractivity contribution >= 4 is 15.7 Å². The van der Waals surface area contributed by atoms with Gasteiger partial charge in [0.15, 0.2) is 0 Å². The number of rotatable bonds is 4. The molecular formula is C11H15FN2O3S. The molecule has 1 aromatic carbocycles. The van der Waals surface area contributed by atoms with Crippen LogP contribution >= 0.6 is 0 Å². The van der Waals surface area contributed by atoms with Gasteiger partial charge in [0, 0.05) is 18.8 Å². The summed E-state index contributed by atoms with van der Waals surface area (Å²) in [5, 5.41) is 0. The van der Waals surface area contributed by atoms with Crippen LogP contribution in [-0.2, 0) is 14.8 Å². The van der Waals surface area contributed by atoms with Crippen molar-refractivity contribution in [3.63, 3.8) is 0 Å². The highest BCUT2D eigenvalue weighted by molar-refractivity contribution is 7.89. The quantitative estimate of drug-likeness (QED) is 0.798. The predicted molar refractivity (Wildman–Crippen MR) is 65.0 cm³/mol. The molecule has 0 bridgehead atoms. The van der Waals surface area contributed by atoms with E-state index < -0.39 is 15.8 Å². The number of nitrogen functional groups attached to an aromatic ring is 1. The largest absolute Gasteiger partial charge is 0.399 e. The lowest BCUT2D eigenvalue weighted by Gasteiger charge is -2.34. The zero-order valence-electron chi connectivity index (χ0n) is 9.89. The molecular weight excluding hydrogens is 259 g/mol. The molecule has 7 heteroatoms. The first-order valence-corrected chi connectivity index (χ1v) is 7.00. The number of sulfonamides is 1. The molecule has 1 aliphatic carbocycles. The molecule has 0 aromatic heterocycles. The molecule has 1 fully saturated rings. The predicted octanol–water partition coefficient (Wildman–Crippen LogP) is 0.864. The summed E-state index contributed by atoms with van der Waals surface area (Å²) in [4.78, 5) is -0.152. The van der Waals surface area contributed by atoms with Crippen molar-refractivity contribution in [1.29, 1.82) is 0 Å². The standard InChI is InChI=1S/C11H15FN2O3S/c1-17-10-5-9(6-10)14-18(15,16)11-3-7(12)2-8(13)4-11/h2-4,9-10,14H,5-6,13H2,1H3. The maximum atomic E-state index is 13.1. The highest BCUT2D eigenvalue weighted by Gasteiger charge is 2.32. The van der Waals surface area contributed by atoms with E-state index in [4.69, 9.17) is 10.5 Å². The SMILES string of the molecule is COC1CC(NS(=O)(=O)c2cc(N)cc(F)c2)C1. The van der Waals surface area contributed by atoms with Gasteiger partial charge >= 0.3 is 0 Å². The van der Waals surface area contributed by atoms with Gasteiger partial charge in [-0.1, -0.05) is 0 Å². The lowest BCUT2D eigenvalue weighted by molar-refractivity contribution is 0.0236. The van der Waals surface area contributed by atoms with Gasteiger partial charge in [-0.25, -0.2) is 17.5 Å². The first-order valence-electron chi connectivity index (χ1n) is 5.52. The van der Waals surface area contributed by atoms with Crippen LogP contribution in [-0.4, -0.2) is 27.7 Å². The molecule has 3 N–H and O–H groups in total. The van der Waals surface area contributed by atoms with Gasteiger partial charge in [0.05, 0.1) is 11.0 Å². The normalized spacial score (nSPS) is 23.7. The summed E-state index contributed by atoms with van der Waals surface area (Å²) in [7, 11) is -2.14. The van der Waals surface area contributed by atoms with Crippen LogP contribution in [0.5, 0.6) is 0 Å². The maximum absolute atomic E-state index is 13.1. The second-order valence-corrected chi connectivity index (χ2v) is 6.08. The highest BCUT2D eigenvalue weighted by atomic mass is 32.2. The Bertz CT molecular complexity index is 521. The van der Waals surface area contributed by atoms with Gasteiger partial charge < -0.3 is 10.5 Å². The Morgan fingerprint density at radius 2 is 2.06 bits per heavy atom. The molecule has 100 valence electrons. The Morgan fingerprint density at radius 3 is 2.61 bits per heavy atom. The first kappa shape index (κ1) is 13.3. The van der Waals surface area contributed by atoms with Gasteiger partial charge in [-0.2, -0.15) is 0 Å². The van der Waals surface area contributed by atoms with E-state index in [1.165, 1.54) is 6.07 Å². The summed E-state index contributed by atoms with van der Waals surface area (Å²) in [6.07, 6.45) is 1.34. The molecule has 0 heterocycles. The van der Waals surface area contributed by atoms with Crippen molar-refractivity contribution in [3.05, 3.63) is 24.0 Å². The number of halogens is 1. The molecule has 1 aliphatic rings. The number of benzene rings is 1. The van der Waals surface area contributed by atoms with Crippen molar-refractivity contribution < 1.29 is 17.5 Å². The van der Waals surface area contributed by atoms with E-state index in [9.17, 15) is 12.8 Å². The number of nitrogens with one attached hydrogen (secondary N) is 1. The number of hydrogen-bond donors (Lipinski definition) is 2. The molecule has 2 rings (SSSR count). The van der Waals surface area contributed by atoms with Crippen molar-refractivity contribution in [3.8, 4) is 0 Å². The summed E-state index contributed by atoms with van der Waals surface area (Å²) in [6, 6.07) is 3.09. The van der Waals surface area contributed by atoms with E-state index in [1.807, 2.05) is 0 Å². The molecule has 0 unspecified atom stereocenters. The van der Waals surface area contributed by atoms with Crippen LogP contribution in [0.1, 0.15) is 12.8 Å². The number of ether oxygens (including phenoxy) is 1. The molecule has 5 nitrogen and oxygen atoms in total. The topological polar surface area (TPSA) is 81.4 Å². The molecule has 0 atom stereocenters. The minimum absolute atomic E-state index is 0.0822. The van der Waals surface area contributed by atoms with Gasteiger partial charge in [0.25, 0.3) is 0 Å². The third-order valence-corrected chi connectivity index (χ3v) is 4.45. The summed E-state index contributed by atoms with van der Waals surface area (Å²) >= 11 is 0. The Morgan fingerprint density at radius 1 is 1.39 bits per heavy atom. The van der Waals surface area contributed by atoms with Crippen LogP contribution in [0.4, 0.5) is 10.1 Å². The molecule has 0 aliphatic heterocycles. The fourth-order valence-corrected chi connectivity index (χ4v) is 3.21. The molecule has 0 spiro atoms. The van der Waals surface area contributed by atoms with Crippen LogP contribution in [0.25, 0.3) is 0 Å². The molecule has 1 saturated carbocycles. The Labute approximate surface area is 105 Å². The van der Waals surface area contributed by atoms with Crippen LogP contribution in [0, 0.1) is 5.82 Å². The maximum Gasteiger partial charge on any atom is 0.241 e. The second kappa shape index (κ2) is 4.83. The third-order valence-electron chi connectivity index (χ3n) is 2.95. The van der Waals surface area contributed by atoms with E-state index in [-0.39, 0.29) is 22.7 Å². The monoisotopic (exact) mass is 274 g/mol. The smallest absolute Gasteiger partial charge is 0.241 e. The highest BCUT2D eigenvalue weighted by Crippen LogP contribution is 2.25. The minimum Gasteiger partial charge on any atom is -0.399 e. The number of methoxy groups -OCH3 is 1. The van der Waals surface area contributed by atoms with E-state index in [1.54, 1.807) is 7.11 Å². The van der Waals surface area contributed by atoms with Crippen molar-refractivity contribution in [2.24, 2.45) is 0 Å². The lowest BCUT2D eigenvalue weighted by Crippen LogP contribution is -2.47. The second-order valence-electron chi connectivity index (χ2n) is 4.37. The molecule has 0 amide bonds. The van der Waals surface area contributed by atoms with E-state index >= 15 is 0 Å². The van der Waals surface area contributed by atoms with Crippen molar-refractivity contribution in [2.75, 3.05) is 12.8 Å². The van der Waals surface area contributed by atoms with Gasteiger partial charge in [0.2, 0.25) is 10.0 Å². The fourth-order valence-electron chi connectivity index (χ4n) is 1.88. The molecule has 0 saturated heterocycles. The zero-order valence-corrected chi connectivity index (χ0v) is 10.7. The number of anilines is 1. The van der Waals surface area contributed by atoms with Crippen LogP contribution in [0.15, 0.2) is 23.1 Å². The average Bonchev–Trinajstić information content (AvgIpc) is 2.21. The van der Waals surface area contributed by atoms with E-state index in [2.05, 4.69) is 4.72 Å². The summed E-state index contributed by atoms with van der Waals surface area (Å²) in [6.45, 7) is 0. The van der Waals surface area contributed by atoms with Gasteiger partial charge in [-0.3, -0.25) is 0 Å². The molecule has 18 heavy (non-hydrogen) atoms. The van der Waals surface area contributed by atoms with Gasteiger partial charge in [-0.15, -0.1) is 0 Å². The first-order chi connectivity index (χ1) is 8.40. The third kappa shape index (κ3) is 2.80. The molecule has 0 radical (unpaired) electrons. The molecule has 1 aromatic rings. The van der Waals surface area contributed by atoms with E-state index in [0.29, 0.717) is 12.8 Å². The van der Waals surface area contributed by atoms with Crippen LogP contribution in [0.3, 0.4) is 0 Å². The van der Waals surface area contributed by atoms with Gasteiger partial charge in [0.1, 0.15) is 5.82 Å². The average molecular weight is 274 g/mol. The van der Waals surface area contributed by atoms with Crippen LogP contribution in [0.2, 0.25) is 0 Å². The zero-order chi connectivity index (χ0) is 13.3. The minimum atomic E-state index is -3.72. The number of nitrogens with two attached hydrogens (primary N) is 1. The summed E-state index contributed by atoms with van der Waals surface area (Å²) < 4.78 is 44.6. The summed E-state index contributed by atoms with van der Waals surface area (Å²) in [5.41, 5.74) is 5.51. The Kier molecular flexibility index (Phi) is 3.56. The summed E-state index contributed by atoms with van der Waals surface area (Å²) in [5.74, 6) is -0.668. The Balaban J connectivity index is 2.11. The lowest BCUT2D eigenvalue weighted by atomic mass is 9.90. The van der Waals surface area contributed by atoms with Crippen molar-refractivity contribution in [1.82, 2.24) is 4.72 Å². The van der Waals surface area contributed by atoms with Gasteiger partial charge in [-0.05, 0) is 31.0 Å². The van der Waals surface area contributed by atoms with E-state index in [0.717, 1.165) is 12.1 Å².